The van der Waals surface area contributed by atoms with Crippen molar-refractivity contribution in [3.05, 3.63) is 59.4 Å². The number of nitrogens with zero attached hydrogens (tertiary/aromatic N) is 4. The Morgan fingerprint density at radius 2 is 2.04 bits per heavy atom. The van der Waals surface area contributed by atoms with Crippen LogP contribution in [0, 0.1) is 0 Å². The third-order valence-corrected chi connectivity index (χ3v) is 4.53. The fourth-order valence-corrected chi connectivity index (χ4v) is 2.82. The van der Waals surface area contributed by atoms with Crippen LogP contribution < -0.4 is 5.32 Å². The topological polar surface area (TPSA) is 72.7 Å². The van der Waals surface area contributed by atoms with Crippen molar-refractivity contribution in [1.82, 2.24) is 20.0 Å². The molecule has 0 aliphatic heterocycles. The number of hydrogen-bond acceptors (Lipinski definition) is 5. The molecule has 140 valence electrons. The summed E-state index contributed by atoms with van der Waals surface area (Å²) in [6.45, 7) is 0. The fourth-order valence-electron chi connectivity index (χ4n) is 2.04. The minimum atomic E-state index is -4.52. The van der Waals surface area contributed by atoms with Gasteiger partial charge in [0, 0.05) is 12.4 Å². The molecular formula is C16H11ClF3N5OS. The number of rotatable bonds is 5. The second-order valence-electron chi connectivity index (χ2n) is 5.21. The number of amides is 1. The average Bonchev–Trinajstić information content (AvgIpc) is 3.16. The van der Waals surface area contributed by atoms with Gasteiger partial charge in [-0.2, -0.15) is 18.3 Å². The molecule has 0 saturated carbocycles. The van der Waals surface area contributed by atoms with Crippen molar-refractivity contribution in [2.45, 2.75) is 11.2 Å². The lowest BCUT2D eigenvalue weighted by Crippen LogP contribution is -2.15. The van der Waals surface area contributed by atoms with Crippen LogP contribution in [0.3, 0.4) is 0 Å². The van der Waals surface area contributed by atoms with E-state index < -0.39 is 17.6 Å². The molecule has 6 nitrogen and oxygen atoms in total. The highest BCUT2D eigenvalue weighted by Gasteiger charge is 2.31. The summed E-state index contributed by atoms with van der Waals surface area (Å²) in [5.41, 5.74) is -0.993. The Kier molecular flexibility index (Phi) is 5.66. The van der Waals surface area contributed by atoms with Crippen molar-refractivity contribution in [3.63, 3.8) is 0 Å². The van der Waals surface area contributed by atoms with Gasteiger partial charge < -0.3 is 5.32 Å². The number of aromatic nitrogens is 4. The largest absolute Gasteiger partial charge is 0.416 e. The Morgan fingerprint density at radius 3 is 2.67 bits per heavy atom. The third-order valence-electron chi connectivity index (χ3n) is 3.28. The molecule has 1 aromatic carbocycles. The second kappa shape index (κ2) is 7.97. The molecule has 0 atom stereocenters. The van der Waals surface area contributed by atoms with Gasteiger partial charge in [0.1, 0.15) is 5.03 Å². The smallest absolute Gasteiger partial charge is 0.324 e. The first kappa shape index (κ1) is 19.2. The molecule has 27 heavy (non-hydrogen) atoms. The zero-order valence-electron chi connectivity index (χ0n) is 13.4. The first-order valence-electron chi connectivity index (χ1n) is 7.46. The lowest BCUT2D eigenvalue weighted by atomic mass is 10.2. The van der Waals surface area contributed by atoms with Crippen LogP contribution >= 0.6 is 23.4 Å². The molecule has 3 rings (SSSR count). The quantitative estimate of drug-likeness (QED) is 0.638. The molecule has 0 aliphatic carbocycles. The van der Waals surface area contributed by atoms with Crippen LogP contribution in [0.1, 0.15) is 5.56 Å². The number of halogens is 4. The van der Waals surface area contributed by atoms with E-state index in [0.717, 1.165) is 30.0 Å². The van der Waals surface area contributed by atoms with E-state index in [1.54, 1.807) is 30.6 Å². The van der Waals surface area contributed by atoms with Gasteiger partial charge in [-0.3, -0.25) is 4.79 Å². The van der Waals surface area contributed by atoms with Gasteiger partial charge in [-0.15, -0.1) is 10.2 Å². The number of anilines is 1. The zero-order chi connectivity index (χ0) is 19.4. The Balaban J connectivity index is 1.60. The van der Waals surface area contributed by atoms with Gasteiger partial charge in [-0.05, 0) is 36.4 Å². The van der Waals surface area contributed by atoms with Crippen LogP contribution in [0.5, 0.6) is 0 Å². The van der Waals surface area contributed by atoms with E-state index in [4.69, 9.17) is 11.6 Å². The first-order valence-corrected chi connectivity index (χ1v) is 8.82. The Bertz CT molecular complexity index is 932. The van der Waals surface area contributed by atoms with E-state index in [9.17, 15) is 18.0 Å². The molecule has 0 unspecified atom stereocenters. The molecule has 0 saturated heterocycles. The summed E-state index contributed by atoms with van der Waals surface area (Å²) in [6, 6.07) is 7.83. The minimum absolute atomic E-state index is 0.0183. The number of nitrogens with one attached hydrogen (secondary N) is 1. The first-order chi connectivity index (χ1) is 12.8. The molecule has 11 heteroatoms. The molecule has 0 aliphatic rings. The molecular weight excluding hydrogens is 403 g/mol. The van der Waals surface area contributed by atoms with E-state index in [1.807, 2.05) is 0 Å². The van der Waals surface area contributed by atoms with Crippen molar-refractivity contribution >= 4 is 35.0 Å². The maximum Gasteiger partial charge on any atom is 0.416 e. The average molecular weight is 414 g/mol. The Hall–Kier alpha value is -2.59. The van der Waals surface area contributed by atoms with Gasteiger partial charge in [0.2, 0.25) is 5.91 Å². The van der Waals surface area contributed by atoms with Gasteiger partial charge >= 0.3 is 6.18 Å². The van der Waals surface area contributed by atoms with Crippen molar-refractivity contribution in [2.75, 3.05) is 11.1 Å². The summed E-state index contributed by atoms with van der Waals surface area (Å²) < 4.78 is 39.8. The van der Waals surface area contributed by atoms with Crippen LogP contribution in [0.2, 0.25) is 5.02 Å². The molecule has 0 bridgehead atoms. The van der Waals surface area contributed by atoms with Crippen LogP contribution in [0.4, 0.5) is 18.9 Å². The summed E-state index contributed by atoms with van der Waals surface area (Å²) in [6.07, 6.45) is -1.21. The number of benzene rings is 1. The molecule has 0 fully saturated rings. The summed E-state index contributed by atoms with van der Waals surface area (Å²) in [5.74, 6) is -0.0636. The molecule has 0 radical (unpaired) electrons. The fraction of sp³-hybridized carbons (Fsp3) is 0.125. The van der Waals surface area contributed by atoms with Crippen LogP contribution in [0.15, 0.2) is 53.8 Å². The molecule has 1 N–H and O–H groups in total. The Morgan fingerprint density at radius 1 is 1.22 bits per heavy atom. The normalized spacial score (nSPS) is 11.4. The van der Waals surface area contributed by atoms with Gasteiger partial charge in [0.05, 0.1) is 22.0 Å². The standard InChI is InChI=1S/C16H11ClF3N5OS/c17-11-3-2-10(16(18,19)20)8-12(11)22-14(26)9-27-15-5-4-13(23-24-15)25-7-1-6-21-25/h1-8H,9H2,(H,22,26). The zero-order valence-corrected chi connectivity index (χ0v) is 15.0. The molecule has 3 aromatic rings. The predicted octanol–water partition coefficient (Wildman–Crippen LogP) is 4.07. The van der Waals surface area contributed by atoms with Crippen LogP contribution in [0.25, 0.3) is 5.82 Å². The highest BCUT2D eigenvalue weighted by Crippen LogP contribution is 2.33. The van der Waals surface area contributed by atoms with Crippen LogP contribution in [-0.4, -0.2) is 31.6 Å². The lowest BCUT2D eigenvalue weighted by Gasteiger charge is -2.11. The van der Waals surface area contributed by atoms with Crippen molar-refractivity contribution in [2.24, 2.45) is 0 Å². The monoisotopic (exact) mass is 413 g/mol. The molecule has 0 spiro atoms. The van der Waals surface area contributed by atoms with E-state index >= 15 is 0 Å². The van der Waals surface area contributed by atoms with Crippen molar-refractivity contribution < 1.29 is 18.0 Å². The number of hydrogen-bond donors (Lipinski definition) is 1. The highest BCUT2D eigenvalue weighted by atomic mass is 35.5. The molecule has 2 heterocycles. The third kappa shape index (κ3) is 4.98. The Labute approximate surface area is 160 Å². The molecule has 2 aromatic heterocycles. The lowest BCUT2D eigenvalue weighted by molar-refractivity contribution is -0.137. The van der Waals surface area contributed by atoms with E-state index in [2.05, 4.69) is 20.6 Å². The van der Waals surface area contributed by atoms with Gasteiger partial charge in [-0.1, -0.05) is 23.4 Å². The summed E-state index contributed by atoms with van der Waals surface area (Å²) in [4.78, 5) is 12.0. The van der Waals surface area contributed by atoms with Gasteiger partial charge in [0.25, 0.3) is 0 Å². The number of thioether (sulfide) groups is 1. The number of alkyl halides is 3. The van der Waals surface area contributed by atoms with Crippen molar-refractivity contribution in [1.29, 1.82) is 0 Å². The SMILES string of the molecule is O=C(CSc1ccc(-n2cccn2)nn1)Nc1cc(C(F)(F)F)ccc1Cl. The highest BCUT2D eigenvalue weighted by molar-refractivity contribution is 7.99. The maximum atomic E-state index is 12.8. The van der Waals surface area contributed by atoms with Crippen LogP contribution in [-0.2, 0) is 11.0 Å². The predicted molar refractivity (Wildman–Crippen MR) is 95.0 cm³/mol. The van der Waals surface area contributed by atoms with Crippen molar-refractivity contribution in [3.8, 4) is 5.82 Å². The molecule has 1 amide bonds. The number of carbonyl (C=O) groups excluding carboxylic acids is 1. The summed E-state index contributed by atoms with van der Waals surface area (Å²) >= 11 is 6.94. The van der Waals surface area contributed by atoms with E-state index in [0.29, 0.717) is 10.8 Å². The number of carbonyl (C=O) groups is 1. The van der Waals surface area contributed by atoms with Gasteiger partial charge in [0.15, 0.2) is 5.82 Å². The van der Waals surface area contributed by atoms with E-state index in [-0.39, 0.29) is 16.5 Å². The summed E-state index contributed by atoms with van der Waals surface area (Å²) in [5, 5.41) is 14.9. The summed E-state index contributed by atoms with van der Waals surface area (Å²) in [7, 11) is 0. The van der Waals surface area contributed by atoms with Gasteiger partial charge in [-0.25, -0.2) is 4.68 Å². The van der Waals surface area contributed by atoms with E-state index in [1.165, 1.54) is 4.68 Å². The minimum Gasteiger partial charge on any atom is -0.324 e. The maximum absolute atomic E-state index is 12.8. The second-order valence-corrected chi connectivity index (χ2v) is 6.61.